The summed E-state index contributed by atoms with van der Waals surface area (Å²) in [6.45, 7) is 7.81. The van der Waals surface area contributed by atoms with Crippen LogP contribution in [0.15, 0.2) is 24.3 Å². The standard InChI is InChI=1S/C22H34N2O2.ClH/c1-17-5-2-3-7-19(17)22(9-12-25-13-10-22)16-24-20-8-4-6-18(20)21-15-26-14-11-23-21;/h2-3,5,7,18,20-21,23-24H,4,6,8-16H2,1H3;1H. The van der Waals surface area contributed by atoms with E-state index in [2.05, 4.69) is 41.8 Å². The number of hydrogen-bond acceptors (Lipinski definition) is 4. The van der Waals surface area contributed by atoms with Gasteiger partial charge in [-0.25, -0.2) is 0 Å². The molecule has 1 aromatic carbocycles. The highest BCUT2D eigenvalue weighted by molar-refractivity contribution is 5.85. The zero-order valence-corrected chi connectivity index (χ0v) is 17.4. The molecule has 3 fully saturated rings. The van der Waals surface area contributed by atoms with E-state index in [-0.39, 0.29) is 17.8 Å². The van der Waals surface area contributed by atoms with Crippen molar-refractivity contribution in [1.29, 1.82) is 0 Å². The van der Waals surface area contributed by atoms with Crippen molar-refractivity contribution >= 4 is 12.4 Å². The highest BCUT2D eigenvalue weighted by atomic mass is 35.5. The van der Waals surface area contributed by atoms with E-state index < -0.39 is 0 Å². The molecule has 1 aliphatic carbocycles. The number of nitrogens with one attached hydrogen (secondary N) is 2. The first-order chi connectivity index (χ1) is 12.8. The van der Waals surface area contributed by atoms with Crippen molar-refractivity contribution in [1.82, 2.24) is 10.6 Å². The van der Waals surface area contributed by atoms with E-state index in [0.717, 1.165) is 52.4 Å². The van der Waals surface area contributed by atoms with Gasteiger partial charge in [-0.1, -0.05) is 30.7 Å². The zero-order chi connectivity index (χ0) is 17.8. The molecule has 3 unspecified atom stereocenters. The fraction of sp³-hybridized carbons (Fsp3) is 0.727. The molecular weight excluding hydrogens is 360 g/mol. The lowest BCUT2D eigenvalue weighted by molar-refractivity contribution is 0.0417. The molecule has 0 bridgehead atoms. The first-order valence-electron chi connectivity index (χ1n) is 10.5. The Bertz CT molecular complexity index is 585. The Kier molecular flexibility index (Phi) is 7.57. The molecule has 4 nitrogen and oxygen atoms in total. The van der Waals surface area contributed by atoms with Crippen LogP contribution in [0.3, 0.4) is 0 Å². The van der Waals surface area contributed by atoms with Crippen LogP contribution in [0.5, 0.6) is 0 Å². The van der Waals surface area contributed by atoms with Crippen molar-refractivity contribution in [2.45, 2.75) is 56.5 Å². The van der Waals surface area contributed by atoms with Gasteiger partial charge in [0.1, 0.15) is 0 Å². The van der Waals surface area contributed by atoms with E-state index in [0.29, 0.717) is 18.0 Å². The Labute approximate surface area is 170 Å². The Morgan fingerprint density at radius 3 is 2.67 bits per heavy atom. The van der Waals surface area contributed by atoms with E-state index >= 15 is 0 Å². The van der Waals surface area contributed by atoms with Gasteiger partial charge in [-0.15, -0.1) is 12.4 Å². The minimum Gasteiger partial charge on any atom is -0.381 e. The van der Waals surface area contributed by atoms with Crippen molar-refractivity contribution in [2.75, 3.05) is 39.5 Å². The first kappa shape index (κ1) is 21.1. The number of halogens is 1. The molecule has 2 heterocycles. The number of hydrogen-bond donors (Lipinski definition) is 2. The summed E-state index contributed by atoms with van der Waals surface area (Å²) in [5.41, 5.74) is 3.15. The SMILES string of the molecule is Cc1ccccc1C1(CNC2CCCC2C2COCCN2)CCOCC1.Cl. The maximum absolute atomic E-state index is 5.74. The molecule has 0 radical (unpaired) electrons. The summed E-state index contributed by atoms with van der Waals surface area (Å²) >= 11 is 0. The van der Waals surface area contributed by atoms with Gasteiger partial charge in [-0.3, -0.25) is 0 Å². The normalized spacial score (nSPS) is 30.6. The van der Waals surface area contributed by atoms with Gasteiger partial charge in [0.25, 0.3) is 0 Å². The minimum absolute atomic E-state index is 0. The summed E-state index contributed by atoms with van der Waals surface area (Å²) in [7, 11) is 0. The van der Waals surface area contributed by atoms with Crippen LogP contribution in [0, 0.1) is 12.8 Å². The summed E-state index contributed by atoms with van der Waals surface area (Å²) in [4.78, 5) is 0. The summed E-state index contributed by atoms with van der Waals surface area (Å²) in [6.07, 6.45) is 6.18. The summed E-state index contributed by atoms with van der Waals surface area (Å²) in [6, 6.07) is 10.1. The Balaban J connectivity index is 0.00000210. The lowest BCUT2D eigenvalue weighted by Crippen LogP contribution is -2.53. The summed E-state index contributed by atoms with van der Waals surface area (Å²) in [5.74, 6) is 0.698. The van der Waals surface area contributed by atoms with Gasteiger partial charge in [0.15, 0.2) is 0 Å². The van der Waals surface area contributed by atoms with Crippen LogP contribution in [0.25, 0.3) is 0 Å². The van der Waals surface area contributed by atoms with E-state index in [1.165, 1.54) is 30.4 Å². The Morgan fingerprint density at radius 1 is 1.11 bits per heavy atom. The van der Waals surface area contributed by atoms with Crippen LogP contribution >= 0.6 is 12.4 Å². The van der Waals surface area contributed by atoms with Crippen molar-refractivity contribution in [3.8, 4) is 0 Å². The Morgan fingerprint density at radius 2 is 1.93 bits per heavy atom. The highest BCUT2D eigenvalue weighted by Crippen LogP contribution is 2.37. The predicted octanol–water partition coefficient (Wildman–Crippen LogP) is 3.21. The average Bonchev–Trinajstić information content (AvgIpc) is 3.17. The van der Waals surface area contributed by atoms with Crippen molar-refractivity contribution in [2.24, 2.45) is 5.92 Å². The van der Waals surface area contributed by atoms with Gasteiger partial charge in [0.05, 0.1) is 13.2 Å². The number of morpholine rings is 1. The average molecular weight is 395 g/mol. The smallest absolute Gasteiger partial charge is 0.0623 e. The first-order valence-corrected chi connectivity index (χ1v) is 10.5. The van der Waals surface area contributed by atoms with E-state index in [9.17, 15) is 0 Å². The third-order valence-electron chi connectivity index (χ3n) is 6.91. The number of ether oxygens (including phenoxy) is 2. The molecule has 5 heteroatoms. The van der Waals surface area contributed by atoms with Gasteiger partial charge in [0, 0.05) is 43.8 Å². The molecule has 2 N–H and O–H groups in total. The molecule has 2 saturated heterocycles. The molecule has 0 aromatic heterocycles. The monoisotopic (exact) mass is 394 g/mol. The third kappa shape index (κ3) is 4.68. The third-order valence-corrected chi connectivity index (χ3v) is 6.91. The molecule has 4 rings (SSSR count). The molecule has 1 saturated carbocycles. The van der Waals surface area contributed by atoms with E-state index in [1.807, 2.05) is 0 Å². The van der Waals surface area contributed by atoms with Gasteiger partial charge in [-0.2, -0.15) is 0 Å². The molecule has 2 aliphatic heterocycles. The number of aryl methyl sites for hydroxylation is 1. The molecule has 1 aromatic rings. The van der Waals surface area contributed by atoms with Crippen LogP contribution in [-0.4, -0.2) is 51.6 Å². The number of benzene rings is 1. The maximum atomic E-state index is 5.74. The molecule has 152 valence electrons. The summed E-state index contributed by atoms with van der Waals surface area (Å²) in [5, 5.41) is 7.71. The second-order valence-corrected chi connectivity index (χ2v) is 8.43. The molecular formula is C22H35ClN2O2. The van der Waals surface area contributed by atoms with Crippen LogP contribution in [-0.2, 0) is 14.9 Å². The molecule has 0 amide bonds. The molecule has 3 aliphatic rings. The van der Waals surface area contributed by atoms with Gasteiger partial charge >= 0.3 is 0 Å². The largest absolute Gasteiger partial charge is 0.381 e. The van der Waals surface area contributed by atoms with E-state index in [1.54, 1.807) is 0 Å². The summed E-state index contributed by atoms with van der Waals surface area (Å²) < 4.78 is 11.5. The molecule has 3 atom stereocenters. The van der Waals surface area contributed by atoms with Gasteiger partial charge in [-0.05, 0) is 49.7 Å². The topological polar surface area (TPSA) is 42.5 Å². The quantitative estimate of drug-likeness (QED) is 0.804. The second-order valence-electron chi connectivity index (χ2n) is 8.43. The van der Waals surface area contributed by atoms with Crippen molar-refractivity contribution in [3.05, 3.63) is 35.4 Å². The Hall–Kier alpha value is -0.650. The minimum atomic E-state index is 0. The fourth-order valence-electron chi connectivity index (χ4n) is 5.38. The van der Waals surface area contributed by atoms with Crippen LogP contribution < -0.4 is 10.6 Å². The van der Waals surface area contributed by atoms with Gasteiger partial charge in [0.2, 0.25) is 0 Å². The maximum Gasteiger partial charge on any atom is 0.0623 e. The highest BCUT2D eigenvalue weighted by Gasteiger charge is 2.39. The van der Waals surface area contributed by atoms with Crippen LogP contribution in [0.4, 0.5) is 0 Å². The molecule has 0 spiro atoms. The fourth-order valence-corrected chi connectivity index (χ4v) is 5.38. The number of rotatable bonds is 5. The van der Waals surface area contributed by atoms with Crippen LogP contribution in [0.2, 0.25) is 0 Å². The van der Waals surface area contributed by atoms with Crippen molar-refractivity contribution < 1.29 is 9.47 Å². The predicted molar refractivity (Wildman–Crippen MR) is 112 cm³/mol. The molecule has 27 heavy (non-hydrogen) atoms. The van der Waals surface area contributed by atoms with Gasteiger partial charge < -0.3 is 20.1 Å². The lowest BCUT2D eigenvalue weighted by atomic mass is 9.72. The van der Waals surface area contributed by atoms with Crippen LogP contribution in [0.1, 0.15) is 43.2 Å². The van der Waals surface area contributed by atoms with E-state index in [4.69, 9.17) is 9.47 Å². The second kappa shape index (κ2) is 9.71. The zero-order valence-electron chi connectivity index (χ0n) is 16.5. The van der Waals surface area contributed by atoms with Crippen molar-refractivity contribution in [3.63, 3.8) is 0 Å². The lowest BCUT2D eigenvalue weighted by Gasteiger charge is -2.41.